The number of anilines is 1. The topological polar surface area (TPSA) is 60.9 Å². The molecule has 0 aliphatic heterocycles. The third-order valence-electron chi connectivity index (χ3n) is 3.16. The summed E-state index contributed by atoms with van der Waals surface area (Å²) in [6.07, 6.45) is 0. The maximum absolute atomic E-state index is 12.9. The van der Waals surface area contributed by atoms with Gasteiger partial charge in [-0.25, -0.2) is 4.39 Å². The van der Waals surface area contributed by atoms with E-state index in [0.717, 1.165) is 0 Å². The van der Waals surface area contributed by atoms with Crippen molar-refractivity contribution in [2.75, 3.05) is 25.0 Å². The van der Waals surface area contributed by atoms with E-state index in [1.807, 2.05) is 6.92 Å². The Kier molecular flexibility index (Phi) is 5.64. The van der Waals surface area contributed by atoms with Crippen LogP contribution in [0.5, 0.6) is 0 Å². The van der Waals surface area contributed by atoms with Crippen LogP contribution in [-0.2, 0) is 9.59 Å². The number of carbonyl (C=O) groups is 2. The average Bonchev–Trinajstić information content (AvgIpc) is 2.40. The first kappa shape index (κ1) is 16.1. The van der Waals surface area contributed by atoms with Gasteiger partial charge in [0.1, 0.15) is 11.9 Å². The summed E-state index contributed by atoms with van der Waals surface area (Å²) < 4.78 is 12.9. The predicted octanol–water partition coefficient (Wildman–Crippen LogP) is 1.58. The van der Waals surface area contributed by atoms with Gasteiger partial charge in [-0.05, 0) is 45.2 Å². The van der Waals surface area contributed by atoms with Crippen LogP contribution in [0.25, 0.3) is 0 Å². The molecule has 0 radical (unpaired) electrons. The Morgan fingerprint density at radius 2 is 1.85 bits per heavy atom. The predicted molar refractivity (Wildman–Crippen MR) is 74.2 cm³/mol. The number of carboxylic acids is 1. The molecule has 0 bridgehead atoms. The molecule has 1 aromatic carbocycles. The molecule has 0 aliphatic rings. The molecule has 1 rings (SSSR count). The number of hydrogen-bond acceptors (Lipinski definition) is 3. The molecule has 0 spiro atoms. The minimum Gasteiger partial charge on any atom is -0.480 e. The number of nitrogens with zero attached hydrogens (tertiary/aromatic N) is 2. The Morgan fingerprint density at radius 1 is 1.30 bits per heavy atom. The molecule has 0 aliphatic carbocycles. The Morgan fingerprint density at radius 3 is 2.30 bits per heavy atom. The number of rotatable bonds is 6. The first-order chi connectivity index (χ1) is 9.36. The second-order valence-electron chi connectivity index (χ2n) is 4.54. The molecule has 0 fully saturated rings. The van der Waals surface area contributed by atoms with Crippen molar-refractivity contribution < 1.29 is 19.1 Å². The summed E-state index contributed by atoms with van der Waals surface area (Å²) >= 11 is 0. The van der Waals surface area contributed by atoms with Crippen molar-refractivity contribution in [1.82, 2.24) is 4.90 Å². The van der Waals surface area contributed by atoms with Crippen LogP contribution in [0.2, 0.25) is 0 Å². The second-order valence-corrected chi connectivity index (χ2v) is 4.54. The summed E-state index contributed by atoms with van der Waals surface area (Å²) in [5, 5.41) is 8.90. The lowest BCUT2D eigenvalue weighted by molar-refractivity contribution is -0.142. The van der Waals surface area contributed by atoms with Crippen LogP contribution in [0.1, 0.15) is 13.8 Å². The number of likely N-dealkylation sites (N-methyl/N-ethyl adjacent to an activating group) is 2. The molecule has 1 aromatic rings. The zero-order chi connectivity index (χ0) is 15.3. The van der Waals surface area contributed by atoms with Crippen LogP contribution in [0.4, 0.5) is 10.1 Å². The van der Waals surface area contributed by atoms with Crippen LogP contribution in [0.15, 0.2) is 24.3 Å². The largest absolute Gasteiger partial charge is 0.480 e. The molecular formula is C14H19FN2O3. The molecule has 110 valence electrons. The molecule has 1 atom stereocenters. The Labute approximate surface area is 117 Å². The van der Waals surface area contributed by atoms with Crippen molar-refractivity contribution in [3.8, 4) is 0 Å². The summed E-state index contributed by atoms with van der Waals surface area (Å²) in [6.45, 7) is 3.74. The standard InChI is InChI=1S/C14H19FN2O3/c1-4-17(12-7-5-11(15)6-8-12)13(18)9-16(3)10(2)14(19)20/h5-8,10H,4,9H2,1-3H3,(H,19,20). The van der Waals surface area contributed by atoms with E-state index >= 15 is 0 Å². The maximum atomic E-state index is 12.9. The molecule has 5 nitrogen and oxygen atoms in total. The van der Waals surface area contributed by atoms with Crippen LogP contribution < -0.4 is 4.90 Å². The summed E-state index contributed by atoms with van der Waals surface area (Å²) in [7, 11) is 1.58. The monoisotopic (exact) mass is 282 g/mol. The number of benzene rings is 1. The van der Waals surface area contributed by atoms with Crippen molar-refractivity contribution in [2.24, 2.45) is 0 Å². The zero-order valence-corrected chi connectivity index (χ0v) is 11.8. The normalized spacial score (nSPS) is 12.2. The van der Waals surface area contributed by atoms with E-state index in [-0.39, 0.29) is 18.3 Å². The second kappa shape index (κ2) is 7.00. The van der Waals surface area contributed by atoms with Gasteiger partial charge < -0.3 is 10.0 Å². The van der Waals surface area contributed by atoms with Gasteiger partial charge in [0.25, 0.3) is 0 Å². The van der Waals surface area contributed by atoms with E-state index in [9.17, 15) is 14.0 Å². The van der Waals surface area contributed by atoms with Gasteiger partial charge in [0.15, 0.2) is 0 Å². The third kappa shape index (κ3) is 4.03. The van der Waals surface area contributed by atoms with Crippen LogP contribution in [0.3, 0.4) is 0 Å². The molecule has 0 saturated heterocycles. The molecule has 1 unspecified atom stereocenters. The first-order valence-electron chi connectivity index (χ1n) is 6.35. The van der Waals surface area contributed by atoms with Crippen molar-refractivity contribution >= 4 is 17.6 Å². The quantitative estimate of drug-likeness (QED) is 0.860. The molecule has 1 N–H and O–H groups in total. The SMILES string of the molecule is CCN(C(=O)CN(C)C(C)C(=O)O)c1ccc(F)cc1. The highest BCUT2D eigenvalue weighted by atomic mass is 19.1. The molecule has 20 heavy (non-hydrogen) atoms. The molecule has 0 heterocycles. The van der Waals surface area contributed by atoms with E-state index in [1.54, 1.807) is 7.05 Å². The summed E-state index contributed by atoms with van der Waals surface area (Å²) in [6, 6.07) is 4.88. The molecular weight excluding hydrogens is 263 g/mol. The lowest BCUT2D eigenvalue weighted by atomic mass is 10.2. The van der Waals surface area contributed by atoms with Crippen molar-refractivity contribution in [3.05, 3.63) is 30.1 Å². The van der Waals surface area contributed by atoms with Gasteiger partial charge >= 0.3 is 5.97 Å². The van der Waals surface area contributed by atoms with Crippen LogP contribution >= 0.6 is 0 Å². The number of amides is 1. The fraction of sp³-hybridized carbons (Fsp3) is 0.429. The van der Waals surface area contributed by atoms with Crippen molar-refractivity contribution in [2.45, 2.75) is 19.9 Å². The number of carboxylic acid groups (broad SMARTS) is 1. The Hall–Kier alpha value is -1.95. The number of halogens is 1. The zero-order valence-electron chi connectivity index (χ0n) is 11.8. The smallest absolute Gasteiger partial charge is 0.320 e. The molecule has 1 amide bonds. The minimum absolute atomic E-state index is 0.0152. The highest BCUT2D eigenvalue weighted by Crippen LogP contribution is 2.15. The lowest BCUT2D eigenvalue weighted by Crippen LogP contribution is -2.44. The van der Waals surface area contributed by atoms with Gasteiger partial charge in [-0.15, -0.1) is 0 Å². The summed E-state index contributed by atoms with van der Waals surface area (Å²) in [5.41, 5.74) is 0.593. The first-order valence-corrected chi connectivity index (χ1v) is 6.35. The third-order valence-corrected chi connectivity index (χ3v) is 3.16. The summed E-state index contributed by atoms with van der Waals surface area (Å²) in [4.78, 5) is 26.0. The van der Waals surface area contributed by atoms with E-state index < -0.39 is 12.0 Å². The Balaban J connectivity index is 2.77. The maximum Gasteiger partial charge on any atom is 0.320 e. The van der Waals surface area contributed by atoms with E-state index in [1.165, 1.54) is 41.0 Å². The van der Waals surface area contributed by atoms with E-state index in [4.69, 9.17) is 5.11 Å². The number of hydrogen-bond donors (Lipinski definition) is 1. The average molecular weight is 282 g/mol. The van der Waals surface area contributed by atoms with Gasteiger partial charge in [0, 0.05) is 12.2 Å². The van der Waals surface area contributed by atoms with Crippen molar-refractivity contribution in [3.63, 3.8) is 0 Å². The number of aliphatic carboxylic acids is 1. The van der Waals surface area contributed by atoms with Crippen LogP contribution in [-0.4, -0.2) is 48.1 Å². The lowest BCUT2D eigenvalue weighted by Gasteiger charge is -2.26. The van der Waals surface area contributed by atoms with Crippen LogP contribution in [0, 0.1) is 5.82 Å². The van der Waals surface area contributed by atoms with E-state index in [2.05, 4.69) is 0 Å². The highest BCUT2D eigenvalue weighted by Gasteiger charge is 2.22. The highest BCUT2D eigenvalue weighted by molar-refractivity contribution is 5.95. The molecule has 0 saturated carbocycles. The fourth-order valence-electron chi connectivity index (χ4n) is 1.75. The fourth-order valence-corrected chi connectivity index (χ4v) is 1.75. The van der Waals surface area contributed by atoms with Gasteiger partial charge in [-0.3, -0.25) is 14.5 Å². The van der Waals surface area contributed by atoms with Gasteiger partial charge in [0.05, 0.1) is 6.54 Å². The van der Waals surface area contributed by atoms with E-state index in [0.29, 0.717) is 12.2 Å². The van der Waals surface area contributed by atoms with Gasteiger partial charge in [-0.1, -0.05) is 0 Å². The molecule has 0 aromatic heterocycles. The minimum atomic E-state index is -0.981. The van der Waals surface area contributed by atoms with Crippen molar-refractivity contribution in [1.29, 1.82) is 0 Å². The Bertz CT molecular complexity index is 476. The van der Waals surface area contributed by atoms with Gasteiger partial charge in [0.2, 0.25) is 5.91 Å². The molecule has 6 heteroatoms. The number of carbonyl (C=O) groups excluding carboxylic acids is 1. The summed E-state index contributed by atoms with van der Waals surface area (Å²) in [5.74, 6) is -1.58. The van der Waals surface area contributed by atoms with Gasteiger partial charge in [-0.2, -0.15) is 0 Å².